The molecule has 0 amide bonds. The Kier molecular flexibility index (Phi) is 4.07. The van der Waals surface area contributed by atoms with Gasteiger partial charge in [0.1, 0.15) is 0 Å². The summed E-state index contributed by atoms with van der Waals surface area (Å²) < 4.78 is 5.99. The molecule has 1 N–H and O–H groups in total. The topological polar surface area (TPSA) is 73.2 Å². The van der Waals surface area contributed by atoms with Gasteiger partial charge in [-0.25, -0.2) is 9.48 Å². The molecule has 0 aliphatic rings. The maximum Gasteiger partial charge on any atom is 0.337 e. The van der Waals surface area contributed by atoms with Crippen LogP contribution in [0.2, 0.25) is 0 Å². The first kappa shape index (κ1) is 14.8. The van der Waals surface area contributed by atoms with E-state index in [9.17, 15) is 9.59 Å². The third kappa shape index (κ3) is 2.65. The van der Waals surface area contributed by atoms with Crippen LogP contribution in [0, 0.1) is 6.92 Å². The molecule has 21 heavy (non-hydrogen) atoms. The Morgan fingerprint density at radius 3 is 2.71 bits per heavy atom. The van der Waals surface area contributed by atoms with Gasteiger partial charge < -0.3 is 10.1 Å². The van der Waals surface area contributed by atoms with E-state index < -0.39 is 5.97 Å². The van der Waals surface area contributed by atoms with Crippen LogP contribution in [0.3, 0.4) is 0 Å². The molecule has 2 rings (SSSR count). The van der Waals surface area contributed by atoms with Crippen molar-refractivity contribution in [3.05, 3.63) is 45.9 Å². The fourth-order valence-corrected chi connectivity index (χ4v) is 2.12. The summed E-state index contributed by atoms with van der Waals surface area (Å²) in [6.07, 6.45) is 1.58. The predicted octanol–water partition coefficient (Wildman–Crippen LogP) is 1.58. The Morgan fingerprint density at radius 1 is 1.38 bits per heavy atom. The fourth-order valence-electron chi connectivity index (χ4n) is 2.12. The molecule has 0 aliphatic carbocycles. The number of esters is 1. The Balaban J connectivity index is 2.75. The van der Waals surface area contributed by atoms with Gasteiger partial charge in [0.2, 0.25) is 0 Å². The van der Waals surface area contributed by atoms with Crippen LogP contribution in [-0.2, 0) is 11.8 Å². The number of carbonyl (C=O) groups excluding carboxylic acids is 1. The highest BCUT2D eigenvalue weighted by Crippen LogP contribution is 2.27. The van der Waals surface area contributed by atoms with Crippen molar-refractivity contribution in [1.29, 1.82) is 0 Å². The molecule has 0 radical (unpaired) electrons. The molecule has 1 aromatic heterocycles. The Morgan fingerprint density at radius 2 is 2.10 bits per heavy atom. The SMILES string of the molecule is CNc1cnn(C)c(=O)c1-c1cc(C(=O)OC)ccc1C. The Labute approximate surface area is 122 Å². The van der Waals surface area contributed by atoms with Crippen molar-refractivity contribution in [3.63, 3.8) is 0 Å². The predicted molar refractivity (Wildman–Crippen MR) is 80.5 cm³/mol. The smallest absolute Gasteiger partial charge is 0.337 e. The summed E-state index contributed by atoms with van der Waals surface area (Å²) in [6, 6.07) is 5.13. The number of rotatable bonds is 3. The second-order valence-corrected chi connectivity index (χ2v) is 4.63. The number of nitrogens with one attached hydrogen (secondary N) is 1. The quantitative estimate of drug-likeness (QED) is 0.868. The molecule has 0 atom stereocenters. The van der Waals surface area contributed by atoms with Crippen LogP contribution >= 0.6 is 0 Å². The number of methoxy groups -OCH3 is 1. The van der Waals surface area contributed by atoms with Gasteiger partial charge in [0.15, 0.2) is 0 Å². The number of hydrogen-bond donors (Lipinski definition) is 1. The standard InChI is InChI=1S/C15H17N3O3/c1-9-5-6-10(15(20)21-4)7-11(9)13-12(16-2)8-17-18(3)14(13)19/h5-8,16H,1-4H3. The molecule has 1 aromatic carbocycles. The largest absolute Gasteiger partial charge is 0.465 e. The van der Waals surface area contributed by atoms with E-state index in [1.54, 1.807) is 38.5 Å². The lowest BCUT2D eigenvalue weighted by Crippen LogP contribution is -2.22. The van der Waals surface area contributed by atoms with Gasteiger partial charge in [-0.15, -0.1) is 0 Å². The molecular weight excluding hydrogens is 270 g/mol. The van der Waals surface area contributed by atoms with Gasteiger partial charge in [0, 0.05) is 14.1 Å². The second kappa shape index (κ2) is 5.78. The minimum absolute atomic E-state index is 0.230. The summed E-state index contributed by atoms with van der Waals surface area (Å²) in [5, 5.41) is 6.95. The van der Waals surface area contributed by atoms with E-state index >= 15 is 0 Å². The summed E-state index contributed by atoms with van der Waals surface area (Å²) in [6.45, 7) is 1.88. The molecule has 2 aromatic rings. The van der Waals surface area contributed by atoms with E-state index in [1.165, 1.54) is 11.8 Å². The van der Waals surface area contributed by atoms with Gasteiger partial charge in [-0.3, -0.25) is 4.79 Å². The second-order valence-electron chi connectivity index (χ2n) is 4.63. The molecule has 0 fully saturated rings. The molecule has 0 bridgehead atoms. The Hall–Kier alpha value is -2.63. The van der Waals surface area contributed by atoms with Crippen LogP contribution < -0.4 is 10.9 Å². The van der Waals surface area contributed by atoms with Crippen LogP contribution in [-0.4, -0.2) is 29.9 Å². The average Bonchev–Trinajstić information content (AvgIpc) is 2.50. The third-order valence-electron chi connectivity index (χ3n) is 3.33. The summed E-state index contributed by atoms with van der Waals surface area (Å²) in [4.78, 5) is 24.1. The maximum absolute atomic E-state index is 12.4. The minimum atomic E-state index is -0.437. The Bertz CT molecular complexity index is 750. The zero-order valence-electron chi connectivity index (χ0n) is 12.4. The first-order valence-corrected chi connectivity index (χ1v) is 6.43. The lowest BCUT2D eigenvalue weighted by atomic mass is 9.98. The van der Waals surface area contributed by atoms with Gasteiger partial charge in [0.05, 0.1) is 30.1 Å². The first-order chi connectivity index (χ1) is 9.99. The minimum Gasteiger partial charge on any atom is -0.465 e. The molecule has 0 saturated heterocycles. The zero-order valence-corrected chi connectivity index (χ0v) is 12.4. The molecular formula is C15H17N3O3. The molecule has 110 valence electrons. The van der Waals surface area contributed by atoms with Gasteiger partial charge in [-0.05, 0) is 30.2 Å². The maximum atomic E-state index is 12.4. The molecule has 0 saturated carbocycles. The van der Waals surface area contributed by atoms with Gasteiger partial charge in [-0.2, -0.15) is 5.10 Å². The van der Waals surface area contributed by atoms with E-state index in [2.05, 4.69) is 10.4 Å². The molecule has 0 spiro atoms. The number of aromatic nitrogens is 2. The number of carbonyl (C=O) groups is 1. The molecule has 0 aliphatic heterocycles. The third-order valence-corrected chi connectivity index (χ3v) is 3.33. The van der Waals surface area contributed by atoms with E-state index in [4.69, 9.17) is 4.74 Å². The lowest BCUT2D eigenvalue weighted by molar-refractivity contribution is 0.0601. The van der Waals surface area contributed by atoms with Gasteiger partial charge in [0.25, 0.3) is 5.56 Å². The van der Waals surface area contributed by atoms with Gasteiger partial charge in [-0.1, -0.05) is 6.07 Å². The van der Waals surface area contributed by atoms with Crippen LogP contribution in [0.15, 0.2) is 29.2 Å². The van der Waals surface area contributed by atoms with E-state index in [-0.39, 0.29) is 5.56 Å². The summed E-state index contributed by atoms with van der Waals surface area (Å²) in [5.41, 5.74) is 2.85. The van der Waals surface area contributed by atoms with Gasteiger partial charge >= 0.3 is 5.97 Å². The monoisotopic (exact) mass is 287 g/mol. The zero-order chi connectivity index (χ0) is 15.6. The van der Waals surface area contributed by atoms with Crippen molar-refractivity contribution in [2.24, 2.45) is 7.05 Å². The summed E-state index contributed by atoms with van der Waals surface area (Å²) in [7, 11) is 4.64. The van der Waals surface area contributed by atoms with Crippen LogP contribution in [0.25, 0.3) is 11.1 Å². The highest BCUT2D eigenvalue weighted by molar-refractivity contribution is 5.92. The van der Waals surface area contributed by atoms with E-state index in [0.29, 0.717) is 22.4 Å². The number of anilines is 1. The molecule has 6 nitrogen and oxygen atoms in total. The number of aryl methyl sites for hydroxylation is 2. The van der Waals surface area contributed by atoms with Crippen molar-refractivity contribution in [3.8, 4) is 11.1 Å². The number of nitrogens with zero attached hydrogens (tertiary/aromatic N) is 2. The van der Waals surface area contributed by atoms with Crippen molar-refractivity contribution in [2.75, 3.05) is 19.5 Å². The van der Waals surface area contributed by atoms with Crippen molar-refractivity contribution >= 4 is 11.7 Å². The van der Waals surface area contributed by atoms with Crippen LogP contribution in [0.5, 0.6) is 0 Å². The van der Waals surface area contributed by atoms with Crippen molar-refractivity contribution < 1.29 is 9.53 Å². The van der Waals surface area contributed by atoms with Crippen LogP contribution in [0.1, 0.15) is 15.9 Å². The van der Waals surface area contributed by atoms with E-state index in [0.717, 1.165) is 5.56 Å². The normalized spacial score (nSPS) is 10.3. The lowest BCUT2D eigenvalue weighted by Gasteiger charge is -2.12. The first-order valence-electron chi connectivity index (χ1n) is 6.43. The molecule has 0 unspecified atom stereocenters. The van der Waals surface area contributed by atoms with E-state index in [1.807, 2.05) is 6.92 Å². The average molecular weight is 287 g/mol. The van der Waals surface area contributed by atoms with Crippen molar-refractivity contribution in [1.82, 2.24) is 9.78 Å². The summed E-state index contributed by atoms with van der Waals surface area (Å²) in [5.74, 6) is -0.437. The molecule has 1 heterocycles. The number of benzene rings is 1. The summed E-state index contributed by atoms with van der Waals surface area (Å²) >= 11 is 0. The number of hydrogen-bond acceptors (Lipinski definition) is 5. The molecule has 6 heteroatoms. The fraction of sp³-hybridized carbons (Fsp3) is 0.267. The van der Waals surface area contributed by atoms with Crippen LogP contribution in [0.4, 0.5) is 5.69 Å². The highest BCUT2D eigenvalue weighted by atomic mass is 16.5. The number of ether oxygens (including phenoxy) is 1. The highest BCUT2D eigenvalue weighted by Gasteiger charge is 2.16. The van der Waals surface area contributed by atoms with Crippen molar-refractivity contribution in [2.45, 2.75) is 6.92 Å².